The summed E-state index contributed by atoms with van der Waals surface area (Å²) in [6.45, 7) is 8.19. The van der Waals surface area contributed by atoms with Gasteiger partial charge in [0.2, 0.25) is 5.95 Å². The summed E-state index contributed by atoms with van der Waals surface area (Å²) in [6, 6.07) is 3.91. The zero-order chi connectivity index (χ0) is 18.6. The van der Waals surface area contributed by atoms with E-state index < -0.39 is 0 Å². The summed E-state index contributed by atoms with van der Waals surface area (Å²) in [7, 11) is 3.20. The Labute approximate surface area is 148 Å². The van der Waals surface area contributed by atoms with Crippen molar-refractivity contribution in [2.24, 2.45) is 0 Å². The number of benzene rings is 1. The van der Waals surface area contributed by atoms with Crippen molar-refractivity contribution in [2.45, 2.75) is 39.7 Å². The van der Waals surface area contributed by atoms with Crippen LogP contribution in [0.1, 0.15) is 39.2 Å². The van der Waals surface area contributed by atoms with E-state index in [0.29, 0.717) is 28.8 Å². The first-order chi connectivity index (χ1) is 11.8. The number of methoxy groups -OCH3 is 2. The van der Waals surface area contributed by atoms with Gasteiger partial charge in [-0.05, 0) is 25.8 Å². The molecule has 0 bridgehead atoms. The quantitative estimate of drug-likeness (QED) is 0.787. The van der Waals surface area contributed by atoms with Gasteiger partial charge in [0.25, 0.3) is 0 Å². The van der Waals surface area contributed by atoms with Gasteiger partial charge in [-0.25, -0.2) is 4.98 Å². The van der Waals surface area contributed by atoms with Crippen LogP contribution >= 0.6 is 0 Å². The summed E-state index contributed by atoms with van der Waals surface area (Å²) in [5, 5.41) is 3.22. The monoisotopic (exact) mass is 346 g/mol. The number of nitrogens with zero attached hydrogens (tertiary/aromatic N) is 2. The maximum absolute atomic E-state index is 6.12. The first kappa shape index (κ1) is 18.6. The number of aromatic nitrogens is 2. The molecule has 0 atom stereocenters. The van der Waals surface area contributed by atoms with Gasteiger partial charge < -0.3 is 25.3 Å². The van der Waals surface area contributed by atoms with Gasteiger partial charge in [-0.1, -0.05) is 13.8 Å². The van der Waals surface area contributed by atoms with Crippen LogP contribution in [0.3, 0.4) is 0 Å². The summed E-state index contributed by atoms with van der Waals surface area (Å²) in [5.74, 6) is 3.37. The molecule has 1 heterocycles. The minimum atomic E-state index is 0.173. The molecule has 0 saturated heterocycles. The van der Waals surface area contributed by atoms with Crippen LogP contribution in [0.2, 0.25) is 0 Å². The molecule has 136 valence electrons. The lowest BCUT2D eigenvalue weighted by atomic mass is 10.0. The predicted molar refractivity (Wildman–Crippen MR) is 98.9 cm³/mol. The van der Waals surface area contributed by atoms with E-state index >= 15 is 0 Å². The highest BCUT2D eigenvalue weighted by Gasteiger charge is 2.18. The molecule has 2 rings (SSSR count). The predicted octanol–water partition coefficient (Wildman–Crippen LogP) is 3.81. The maximum atomic E-state index is 6.12. The average Bonchev–Trinajstić information content (AvgIpc) is 2.56. The largest absolute Gasteiger partial charge is 0.493 e. The topological polar surface area (TPSA) is 91.5 Å². The molecule has 0 aliphatic rings. The van der Waals surface area contributed by atoms with Gasteiger partial charge in [0.15, 0.2) is 23.1 Å². The first-order valence-corrected chi connectivity index (χ1v) is 8.18. The maximum Gasteiger partial charge on any atom is 0.222 e. The third-order valence-corrected chi connectivity index (χ3v) is 3.56. The fourth-order valence-electron chi connectivity index (χ4n) is 2.37. The Morgan fingerprint density at radius 2 is 1.60 bits per heavy atom. The number of ether oxygens (including phenoxy) is 3. The Bertz CT molecular complexity index is 733. The molecular formula is C18H26N4O3. The van der Waals surface area contributed by atoms with Crippen LogP contribution in [-0.2, 0) is 0 Å². The summed E-state index contributed by atoms with van der Waals surface area (Å²) in [4.78, 5) is 8.27. The van der Waals surface area contributed by atoms with E-state index in [1.54, 1.807) is 20.4 Å². The molecule has 7 nitrogen and oxygen atoms in total. The van der Waals surface area contributed by atoms with Crippen LogP contribution < -0.4 is 25.3 Å². The van der Waals surface area contributed by atoms with E-state index in [1.807, 2.05) is 26.0 Å². The number of nitrogens with one attached hydrogen (secondary N) is 1. The lowest BCUT2D eigenvalue weighted by Gasteiger charge is -2.19. The van der Waals surface area contributed by atoms with E-state index in [1.165, 1.54) is 0 Å². The van der Waals surface area contributed by atoms with E-state index in [4.69, 9.17) is 19.9 Å². The van der Waals surface area contributed by atoms with Gasteiger partial charge in [-0.2, -0.15) is 4.98 Å². The number of rotatable bonds is 7. The third-order valence-electron chi connectivity index (χ3n) is 3.56. The summed E-state index contributed by atoms with van der Waals surface area (Å²) >= 11 is 0. The summed E-state index contributed by atoms with van der Waals surface area (Å²) < 4.78 is 16.9. The second-order valence-electron chi connectivity index (χ2n) is 6.24. The van der Waals surface area contributed by atoms with Gasteiger partial charge in [-0.15, -0.1) is 0 Å². The van der Waals surface area contributed by atoms with Crippen LogP contribution in [0, 0.1) is 0 Å². The normalized spacial score (nSPS) is 10.9. The summed E-state index contributed by atoms with van der Waals surface area (Å²) in [6.07, 6.45) is 1.56. The van der Waals surface area contributed by atoms with Crippen molar-refractivity contribution < 1.29 is 14.2 Å². The second kappa shape index (κ2) is 7.92. The van der Waals surface area contributed by atoms with Gasteiger partial charge in [-0.3, -0.25) is 0 Å². The molecule has 3 N–H and O–H groups in total. The lowest BCUT2D eigenvalue weighted by molar-refractivity contribution is 0.350. The van der Waals surface area contributed by atoms with E-state index in [2.05, 4.69) is 29.1 Å². The smallest absolute Gasteiger partial charge is 0.222 e. The lowest BCUT2D eigenvalue weighted by Crippen LogP contribution is -2.13. The van der Waals surface area contributed by atoms with Crippen LogP contribution in [-0.4, -0.2) is 30.2 Å². The average molecular weight is 346 g/mol. The van der Waals surface area contributed by atoms with Gasteiger partial charge in [0, 0.05) is 17.7 Å². The Hall–Kier alpha value is -2.70. The molecule has 0 unspecified atom stereocenters. The number of hydrogen-bond donors (Lipinski definition) is 2. The highest BCUT2D eigenvalue weighted by atomic mass is 16.5. The molecule has 2 aromatic rings. The first-order valence-electron chi connectivity index (χ1n) is 8.18. The number of nitrogens with two attached hydrogens (primary N) is 1. The third kappa shape index (κ3) is 4.43. The molecule has 25 heavy (non-hydrogen) atoms. The molecule has 0 saturated carbocycles. The molecule has 1 aromatic carbocycles. The zero-order valence-electron chi connectivity index (χ0n) is 15.6. The van der Waals surface area contributed by atoms with Crippen molar-refractivity contribution in [1.29, 1.82) is 0 Å². The SMILES string of the molecule is COc1cc(Oc2cnc(N)nc2NC(C)C)c(C(C)C)cc1OC. The van der Waals surface area contributed by atoms with Crippen LogP contribution in [0.15, 0.2) is 18.3 Å². The second-order valence-corrected chi connectivity index (χ2v) is 6.24. The Morgan fingerprint density at radius 3 is 2.16 bits per heavy atom. The van der Waals surface area contributed by atoms with Crippen LogP contribution in [0.25, 0.3) is 0 Å². The summed E-state index contributed by atoms with van der Waals surface area (Å²) in [5.41, 5.74) is 6.69. The van der Waals surface area contributed by atoms with Crippen molar-refractivity contribution >= 4 is 11.8 Å². The molecular weight excluding hydrogens is 320 g/mol. The number of hydrogen-bond acceptors (Lipinski definition) is 7. The van der Waals surface area contributed by atoms with E-state index in [9.17, 15) is 0 Å². The van der Waals surface area contributed by atoms with Gasteiger partial charge in [0.1, 0.15) is 5.75 Å². The van der Waals surface area contributed by atoms with Crippen molar-refractivity contribution in [3.05, 3.63) is 23.9 Å². The van der Waals surface area contributed by atoms with Crippen molar-refractivity contribution in [1.82, 2.24) is 9.97 Å². The molecule has 0 amide bonds. The fourth-order valence-corrected chi connectivity index (χ4v) is 2.37. The Morgan fingerprint density at radius 1 is 0.960 bits per heavy atom. The Balaban J connectivity index is 2.49. The van der Waals surface area contributed by atoms with Crippen molar-refractivity contribution in [3.63, 3.8) is 0 Å². The van der Waals surface area contributed by atoms with Crippen molar-refractivity contribution in [3.8, 4) is 23.0 Å². The number of nitrogen functional groups attached to an aromatic ring is 1. The molecule has 0 aliphatic carbocycles. The molecule has 0 aliphatic heterocycles. The van der Waals surface area contributed by atoms with E-state index in [0.717, 1.165) is 5.56 Å². The molecule has 1 aromatic heterocycles. The van der Waals surface area contributed by atoms with E-state index in [-0.39, 0.29) is 17.9 Å². The molecule has 0 spiro atoms. The zero-order valence-corrected chi connectivity index (χ0v) is 15.6. The Kier molecular flexibility index (Phi) is 5.90. The minimum Gasteiger partial charge on any atom is -0.493 e. The highest BCUT2D eigenvalue weighted by Crippen LogP contribution is 2.41. The fraction of sp³-hybridized carbons (Fsp3) is 0.444. The molecule has 7 heteroatoms. The molecule has 0 fully saturated rings. The standard InChI is InChI=1S/C18H26N4O3/c1-10(2)12-7-14(23-5)15(24-6)8-13(12)25-16-9-20-18(19)22-17(16)21-11(3)4/h7-11H,1-6H3,(H3,19,20,21,22). The number of anilines is 2. The van der Waals surface area contributed by atoms with Crippen LogP contribution in [0.4, 0.5) is 11.8 Å². The highest BCUT2D eigenvalue weighted by molar-refractivity contribution is 5.57. The van der Waals surface area contributed by atoms with Crippen molar-refractivity contribution in [2.75, 3.05) is 25.3 Å². The van der Waals surface area contributed by atoms with Crippen LogP contribution in [0.5, 0.6) is 23.0 Å². The van der Waals surface area contributed by atoms with Gasteiger partial charge in [0.05, 0.1) is 20.4 Å². The van der Waals surface area contributed by atoms with Gasteiger partial charge >= 0.3 is 0 Å². The molecule has 0 radical (unpaired) electrons. The minimum absolute atomic E-state index is 0.173.